The Balaban J connectivity index is 1.86. The van der Waals surface area contributed by atoms with Gasteiger partial charge in [-0.1, -0.05) is 0 Å². The topological polar surface area (TPSA) is 74.6 Å². The van der Waals surface area contributed by atoms with Gasteiger partial charge in [0.25, 0.3) is 5.91 Å². The minimum atomic E-state index is -0.416. The van der Waals surface area contributed by atoms with Crippen LogP contribution in [0, 0.1) is 0 Å². The van der Waals surface area contributed by atoms with E-state index in [0.29, 0.717) is 11.7 Å². The van der Waals surface area contributed by atoms with E-state index in [1.54, 1.807) is 12.1 Å². The molecule has 0 saturated heterocycles. The molecule has 0 aliphatic rings. The Morgan fingerprint density at radius 2 is 1.88 bits per heavy atom. The minimum absolute atomic E-state index is 0.117. The third-order valence-electron chi connectivity index (χ3n) is 3.60. The predicted octanol–water partition coefficient (Wildman–Crippen LogP) is 2.88. The van der Waals surface area contributed by atoms with Gasteiger partial charge in [0.05, 0.1) is 12.8 Å². The Labute approximate surface area is 141 Å². The third-order valence-corrected chi connectivity index (χ3v) is 3.60. The maximum absolute atomic E-state index is 11.9. The van der Waals surface area contributed by atoms with Gasteiger partial charge in [0, 0.05) is 24.0 Å². The maximum Gasteiger partial charge on any atom is 0.287 e. The molecule has 0 saturated carbocycles. The van der Waals surface area contributed by atoms with Gasteiger partial charge in [-0.25, -0.2) is 0 Å². The summed E-state index contributed by atoms with van der Waals surface area (Å²) in [6.07, 6.45) is 1.41. The van der Waals surface area contributed by atoms with Crippen LogP contribution in [0.2, 0.25) is 0 Å². The Morgan fingerprint density at radius 3 is 2.42 bits per heavy atom. The first-order valence-corrected chi connectivity index (χ1v) is 7.99. The third kappa shape index (κ3) is 4.62. The first-order chi connectivity index (χ1) is 11.5. The van der Waals surface area contributed by atoms with E-state index >= 15 is 0 Å². The van der Waals surface area contributed by atoms with Crippen LogP contribution in [0.25, 0.3) is 0 Å². The molecule has 0 spiro atoms. The zero-order valence-electron chi connectivity index (χ0n) is 14.2. The molecule has 0 unspecified atom stereocenters. The van der Waals surface area contributed by atoms with Crippen LogP contribution >= 0.6 is 0 Å². The fourth-order valence-corrected chi connectivity index (χ4v) is 2.44. The molecule has 0 aliphatic carbocycles. The maximum atomic E-state index is 11.9. The first kappa shape index (κ1) is 17.6. The summed E-state index contributed by atoms with van der Waals surface area (Å²) in [7, 11) is 0. The summed E-state index contributed by atoms with van der Waals surface area (Å²) < 4.78 is 4.96. The summed E-state index contributed by atoms with van der Waals surface area (Å²) in [5, 5.41) is 5.26. The molecular formula is C18H23N3O3. The number of hydrogen-bond acceptors (Lipinski definition) is 4. The van der Waals surface area contributed by atoms with Crippen molar-refractivity contribution in [3.63, 3.8) is 0 Å². The smallest absolute Gasteiger partial charge is 0.287 e. The average molecular weight is 329 g/mol. The van der Waals surface area contributed by atoms with Crippen LogP contribution in [-0.2, 0) is 4.79 Å². The molecule has 0 bridgehead atoms. The van der Waals surface area contributed by atoms with Gasteiger partial charge in [-0.15, -0.1) is 0 Å². The van der Waals surface area contributed by atoms with Crippen molar-refractivity contribution in [2.45, 2.75) is 26.8 Å². The lowest BCUT2D eigenvalue weighted by molar-refractivity contribution is -0.115. The lowest BCUT2D eigenvalue weighted by atomic mass is 10.2. The van der Waals surface area contributed by atoms with Crippen LogP contribution in [-0.4, -0.2) is 30.9 Å². The Morgan fingerprint density at radius 1 is 1.17 bits per heavy atom. The number of hydrogen-bond donors (Lipinski definition) is 2. The molecule has 1 aromatic carbocycles. The van der Waals surface area contributed by atoms with Gasteiger partial charge in [-0.3, -0.25) is 9.59 Å². The molecule has 6 nitrogen and oxygen atoms in total. The van der Waals surface area contributed by atoms with Gasteiger partial charge >= 0.3 is 0 Å². The van der Waals surface area contributed by atoms with E-state index in [1.165, 1.54) is 6.26 Å². The number of amides is 2. The summed E-state index contributed by atoms with van der Waals surface area (Å²) in [5.41, 5.74) is 1.80. The fourth-order valence-electron chi connectivity index (χ4n) is 2.44. The van der Waals surface area contributed by atoms with Crippen LogP contribution in [0.1, 0.15) is 31.3 Å². The van der Waals surface area contributed by atoms with E-state index < -0.39 is 5.91 Å². The molecule has 24 heavy (non-hydrogen) atoms. The van der Waals surface area contributed by atoms with Crippen molar-refractivity contribution in [2.24, 2.45) is 0 Å². The molecule has 2 rings (SSSR count). The van der Waals surface area contributed by atoms with E-state index in [0.717, 1.165) is 12.2 Å². The molecule has 2 amide bonds. The highest BCUT2D eigenvalue weighted by Gasteiger charge is 2.11. The SMILES string of the molecule is CCN(c1ccc(NC(=O)CNC(=O)c2ccco2)cc1)C(C)C. The highest BCUT2D eigenvalue weighted by Crippen LogP contribution is 2.19. The number of carbonyl (C=O) groups excluding carboxylic acids is 2. The fraction of sp³-hybridized carbons (Fsp3) is 0.333. The summed E-state index contributed by atoms with van der Waals surface area (Å²) in [6.45, 7) is 7.19. The lowest BCUT2D eigenvalue weighted by Crippen LogP contribution is -2.32. The number of nitrogens with one attached hydrogen (secondary N) is 2. The second kappa shape index (κ2) is 8.19. The number of benzene rings is 1. The second-order valence-electron chi connectivity index (χ2n) is 5.63. The van der Waals surface area contributed by atoms with Crippen LogP contribution in [0.4, 0.5) is 11.4 Å². The van der Waals surface area contributed by atoms with Gasteiger partial charge < -0.3 is 20.0 Å². The van der Waals surface area contributed by atoms with Crippen molar-refractivity contribution >= 4 is 23.2 Å². The van der Waals surface area contributed by atoms with E-state index in [4.69, 9.17) is 4.42 Å². The van der Waals surface area contributed by atoms with Crippen molar-refractivity contribution in [3.8, 4) is 0 Å². The average Bonchev–Trinajstić information content (AvgIpc) is 3.09. The standard InChI is InChI=1S/C18H23N3O3/c1-4-21(13(2)3)15-9-7-14(8-10-15)20-17(22)12-19-18(23)16-6-5-11-24-16/h5-11,13H,4,12H2,1-3H3,(H,19,23)(H,20,22). The highest BCUT2D eigenvalue weighted by molar-refractivity contribution is 5.98. The number of carbonyl (C=O) groups is 2. The molecule has 6 heteroatoms. The molecule has 2 N–H and O–H groups in total. The normalized spacial score (nSPS) is 10.5. The molecule has 2 aromatic rings. The second-order valence-corrected chi connectivity index (χ2v) is 5.63. The van der Waals surface area contributed by atoms with Crippen LogP contribution in [0.15, 0.2) is 47.1 Å². The number of nitrogens with zero attached hydrogens (tertiary/aromatic N) is 1. The lowest BCUT2D eigenvalue weighted by Gasteiger charge is -2.27. The van der Waals surface area contributed by atoms with Crippen LogP contribution in [0.3, 0.4) is 0 Å². The number of furan rings is 1. The molecule has 128 valence electrons. The molecule has 0 atom stereocenters. The monoisotopic (exact) mass is 329 g/mol. The zero-order chi connectivity index (χ0) is 17.5. The quantitative estimate of drug-likeness (QED) is 0.819. The van der Waals surface area contributed by atoms with Crippen LogP contribution in [0.5, 0.6) is 0 Å². The summed E-state index contributed by atoms with van der Waals surface area (Å²) in [6, 6.07) is 11.2. The first-order valence-electron chi connectivity index (χ1n) is 7.99. The van der Waals surface area contributed by atoms with Crippen molar-refractivity contribution in [1.29, 1.82) is 0 Å². The van der Waals surface area contributed by atoms with Gasteiger partial charge in [-0.2, -0.15) is 0 Å². The van der Waals surface area contributed by atoms with Gasteiger partial charge in [-0.05, 0) is 57.2 Å². The van der Waals surface area contributed by atoms with Gasteiger partial charge in [0.2, 0.25) is 5.91 Å². The minimum Gasteiger partial charge on any atom is -0.459 e. The van der Waals surface area contributed by atoms with Crippen molar-refractivity contribution in [2.75, 3.05) is 23.3 Å². The van der Waals surface area contributed by atoms with Crippen molar-refractivity contribution in [1.82, 2.24) is 5.32 Å². The van der Waals surface area contributed by atoms with E-state index in [-0.39, 0.29) is 18.2 Å². The molecule has 1 heterocycles. The molecule has 0 aliphatic heterocycles. The predicted molar refractivity (Wildman–Crippen MR) is 94.3 cm³/mol. The molecule has 1 aromatic heterocycles. The summed E-state index contributed by atoms with van der Waals surface area (Å²) in [5.74, 6) is -0.527. The largest absolute Gasteiger partial charge is 0.459 e. The van der Waals surface area contributed by atoms with Gasteiger partial charge in [0.15, 0.2) is 5.76 Å². The van der Waals surface area contributed by atoms with Crippen molar-refractivity contribution < 1.29 is 14.0 Å². The van der Waals surface area contributed by atoms with E-state index in [1.807, 2.05) is 24.3 Å². The summed E-state index contributed by atoms with van der Waals surface area (Å²) in [4.78, 5) is 25.9. The molecule has 0 radical (unpaired) electrons. The van der Waals surface area contributed by atoms with E-state index in [9.17, 15) is 9.59 Å². The van der Waals surface area contributed by atoms with Crippen molar-refractivity contribution in [3.05, 3.63) is 48.4 Å². The Hall–Kier alpha value is -2.76. The Kier molecular flexibility index (Phi) is 6.01. The van der Waals surface area contributed by atoms with Gasteiger partial charge in [0.1, 0.15) is 0 Å². The van der Waals surface area contributed by atoms with Crippen LogP contribution < -0.4 is 15.5 Å². The molecular weight excluding hydrogens is 306 g/mol. The highest BCUT2D eigenvalue weighted by atomic mass is 16.3. The summed E-state index contributed by atoms with van der Waals surface area (Å²) >= 11 is 0. The zero-order valence-corrected chi connectivity index (χ0v) is 14.2. The van der Waals surface area contributed by atoms with E-state index in [2.05, 4.69) is 36.3 Å². The Bertz CT molecular complexity index is 663. The number of anilines is 2. The number of rotatable bonds is 7. The molecule has 0 fully saturated rings.